The van der Waals surface area contributed by atoms with Crippen molar-refractivity contribution < 1.29 is 4.39 Å². The molecular formula is C10H9FN2. The summed E-state index contributed by atoms with van der Waals surface area (Å²) in [5.74, 6) is -0.622. The van der Waals surface area contributed by atoms with Crippen molar-refractivity contribution in [2.24, 2.45) is 0 Å². The van der Waals surface area contributed by atoms with Crippen LogP contribution in [-0.4, -0.2) is 4.98 Å². The largest absolute Gasteiger partial charge is 0.231 e. The predicted molar refractivity (Wildman–Crippen MR) is 45.6 cm³/mol. The Morgan fingerprint density at radius 3 is 2.92 bits per heavy atom. The van der Waals surface area contributed by atoms with Gasteiger partial charge in [0, 0.05) is 6.20 Å². The predicted octanol–water partition coefficient (Wildman–Crippen LogP) is 1.97. The van der Waals surface area contributed by atoms with E-state index in [-0.39, 0.29) is 5.56 Å². The van der Waals surface area contributed by atoms with E-state index < -0.39 is 5.95 Å². The fourth-order valence-corrected chi connectivity index (χ4v) is 1.79. The molecule has 0 saturated carbocycles. The fraction of sp³-hybridized carbons (Fsp3) is 0.400. The first kappa shape index (κ1) is 8.18. The highest BCUT2D eigenvalue weighted by Gasteiger charge is 2.17. The van der Waals surface area contributed by atoms with Crippen LogP contribution in [0.1, 0.15) is 29.5 Å². The molecule has 1 aliphatic carbocycles. The first-order valence-electron chi connectivity index (χ1n) is 4.39. The first-order chi connectivity index (χ1) is 6.33. The Kier molecular flexibility index (Phi) is 1.97. The van der Waals surface area contributed by atoms with Gasteiger partial charge in [-0.05, 0) is 36.8 Å². The summed E-state index contributed by atoms with van der Waals surface area (Å²) in [6.07, 6.45) is 5.47. The molecule has 0 fully saturated rings. The number of hydrogen-bond acceptors (Lipinski definition) is 2. The molecule has 1 heterocycles. The zero-order valence-corrected chi connectivity index (χ0v) is 7.18. The average molecular weight is 176 g/mol. The van der Waals surface area contributed by atoms with Crippen LogP contribution in [0, 0.1) is 17.3 Å². The quantitative estimate of drug-likeness (QED) is 0.566. The third-order valence-corrected chi connectivity index (χ3v) is 2.46. The minimum Gasteiger partial charge on any atom is -0.227 e. The van der Waals surface area contributed by atoms with E-state index in [4.69, 9.17) is 5.26 Å². The van der Waals surface area contributed by atoms with Crippen molar-refractivity contribution in [2.75, 3.05) is 0 Å². The molecule has 0 N–H and O–H groups in total. The number of nitrogens with zero attached hydrogens (tertiary/aromatic N) is 2. The number of aryl methyl sites for hydroxylation is 1. The monoisotopic (exact) mass is 176 g/mol. The van der Waals surface area contributed by atoms with Crippen molar-refractivity contribution in [3.05, 3.63) is 28.8 Å². The Labute approximate surface area is 76.0 Å². The molecule has 1 aromatic heterocycles. The molecule has 3 heteroatoms. The van der Waals surface area contributed by atoms with Gasteiger partial charge in [0.1, 0.15) is 11.6 Å². The highest BCUT2D eigenvalue weighted by atomic mass is 19.1. The Balaban J connectivity index is 2.60. The van der Waals surface area contributed by atoms with Crippen LogP contribution in [0.5, 0.6) is 0 Å². The van der Waals surface area contributed by atoms with E-state index in [2.05, 4.69) is 4.98 Å². The molecule has 2 nitrogen and oxygen atoms in total. The maximum atomic E-state index is 13.0. The van der Waals surface area contributed by atoms with Crippen LogP contribution in [-0.2, 0) is 12.8 Å². The summed E-state index contributed by atoms with van der Waals surface area (Å²) in [4.78, 5) is 3.57. The Morgan fingerprint density at radius 1 is 1.38 bits per heavy atom. The SMILES string of the molecule is N#Cc1c(F)ncc2c1CCCC2. The summed E-state index contributed by atoms with van der Waals surface area (Å²) in [6, 6.07) is 1.89. The molecular weight excluding hydrogens is 167 g/mol. The molecule has 0 radical (unpaired) electrons. The Hall–Kier alpha value is -1.43. The molecule has 0 aromatic carbocycles. The molecule has 1 aliphatic rings. The number of rotatable bonds is 0. The second-order valence-electron chi connectivity index (χ2n) is 3.25. The number of nitriles is 1. The lowest BCUT2D eigenvalue weighted by Crippen LogP contribution is -2.08. The summed E-state index contributed by atoms with van der Waals surface area (Å²) in [6.45, 7) is 0. The molecule has 0 spiro atoms. The number of halogens is 1. The molecule has 0 aliphatic heterocycles. The Bertz CT molecular complexity index is 379. The molecule has 1 aromatic rings. The zero-order chi connectivity index (χ0) is 9.26. The van der Waals surface area contributed by atoms with Crippen LogP contribution >= 0.6 is 0 Å². The summed E-state index contributed by atoms with van der Waals surface area (Å²) in [7, 11) is 0. The standard InChI is InChI=1S/C10H9FN2/c11-10-9(5-12)8-4-2-1-3-7(8)6-13-10/h6H,1-4H2. The normalized spacial score (nSPS) is 14.8. The maximum absolute atomic E-state index is 13.0. The van der Waals surface area contributed by atoms with Gasteiger partial charge in [0.2, 0.25) is 5.95 Å². The van der Waals surface area contributed by atoms with Crippen molar-refractivity contribution >= 4 is 0 Å². The number of pyridine rings is 1. The average Bonchev–Trinajstić information content (AvgIpc) is 2.18. The lowest BCUT2D eigenvalue weighted by Gasteiger charge is -2.15. The van der Waals surface area contributed by atoms with Crippen LogP contribution in [0.3, 0.4) is 0 Å². The second kappa shape index (κ2) is 3.14. The summed E-state index contributed by atoms with van der Waals surface area (Å²) < 4.78 is 13.0. The van der Waals surface area contributed by atoms with Crippen molar-refractivity contribution in [2.45, 2.75) is 25.7 Å². The maximum Gasteiger partial charge on any atom is 0.231 e. The lowest BCUT2D eigenvalue weighted by atomic mass is 9.90. The summed E-state index contributed by atoms with van der Waals surface area (Å²) >= 11 is 0. The van der Waals surface area contributed by atoms with Crippen molar-refractivity contribution in [3.8, 4) is 6.07 Å². The van der Waals surface area contributed by atoms with Crippen LogP contribution < -0.4 is 0 Å². The van der Waals surface area contributed by atoms with Gasteiger partial charge >= 0.3 is 0 Å². The smallest absolute Gasteiger partial charge is 0.227 e. The third kappa shape index (κ3) is 1.29. The van der Waals surface area contributed by atoms with Crippen molar-refractivity contribution in [1.29, 1.82) is 5.26 Å². The molecule has 0 unspecified atom stereocenters. The van der Waals surface area contributed by atoms with E-state index in [9.17, 15) is 4.39 Å². The van der Waals surface area contributed by atoms with Crippen molar-refractivity contribution in [3.63, 3.8) is 0 Å². The van der Waals surface area contributed by atoms with Gasteiger partial charge in [0.25, 0.3) is 0 Å². The highest BCUT2D eigenvalue weighted by Crippen LogP contribution is 2.24. The van der Waals surface area contributed by atoms with Crippen molar-refractivity contribution in [1.82, 2.24) is 4.98 Å². The Morgan fingerprint density at radius 2 is 2.15 bits per heavy atom. The summed E-state index contributed by atoms with van der Waals surface area (Å²) in [5.41, 5.74) is 2.07. The molecule has 0 amide bonds. The van der Waals surface area contributed by atoms with Gasteiger partial charge in [-0.2, -0.15) is 9.65 Å². The van der Waals surface area contributed by atoms with E-state index in [1.165, 1.54) is 0 Å². The van der Waals surface area contributed by atoms with Crippen LogP contribution in [0.4, 0.5) is 4.39 Å². The van der Waals surface area contributed by atoms with Gasteiger partial charge in [0.15, 0.2) is 0 Å². The second-order valence-corrected chi connectivity index (χ2v) is 3.25. The molecule has 66 valence electrons. The van der Waals surface area contributed by atoms with Crippen LogP contribution in [0.2, 0.25) is 0 Å². The zero-order valence-electron chi connectivity index (χ0n) is 7.18. The molecule has 0 saturated heterocycles. The van der Waals surface area contributed by atoms with E-state index in [1.54, 1.807) is 6.20 Å². The number of hydrogen-bond donors (Lipinski definition) is 0. The minimum atomic E-state index is -0.622. The van der Waals surface area contributed by atoms with Crippen LogP contribution in [0.15, 0.2) is 6.20 Å². The first-order valence-corrected chi connectivity index (χ1v) is 4.39. The van der Waals surface area contributed by atoms with E-state index >= 15 is 0 Å². The van der Waals surface area contributed by atoms with Gasteiger partial charge in [-0.1, -0.05) is 0 Å². The van der Waals surface area contributed by atoms with E-state index in [1.807, 2.05) is 6.07 Å². The van der Waals surface area contributed by atoms with Gasteiger partial charge in [-0.15, -0.1) is 0 Å². The fourth-order valence-electron chi connectivity index (χ4n) is 1.79. The van der Waals surface area contributed by atoms with Gasteiger partial charge in [-0.3, -0.25) is 0 Å². The molecule has 0 atom stereocenters. The molecule has 0 bridgehead atoms. The topological polar surface area (TPSA) is 36.7 Å². The molecule has 2 rings (SSSR count). The van der Waals surface area contributed by atoms with Gasteiger partial charge in [-0.25, -0.2) is 4.98 Å². The van der Waals surface area contributed by atoms with E-state index in [0.29, 0.717) is 0 Å². The third-order valence-electron chi connectivity index (χ3n) is 2.46. The van der Waals surface area contributed by atoms with Gasteiger partial charge < -0.3 is 0 Å². The lowest BCUT2D eigenvalue weighted by molar-refractivity contribution is 0.566. The highest BCUT2D eigenvalue weighted by molar-refractivity contribution is 5.42. The number of aromatic nitrogens is 1. The number of fused-ring (bicyclic) bond motifs is 1. The van der Waals surface area contributed by atoms with Crippen LogP contribution in [0.25, 0.3) is 0 Å². The minimum absolute atomic E-state index is 0.150. The molecule has 13 heavy (non-hydrogen) atoms. The summed E-state index contributed by atoms with van der Waals surface area (Å²) in [5, 5.41) is 8.74. The van der Waals surface area contributed by atoms with E-state index in [0.717, 1.165) is 36.8 Å². The van der Waals surface area contributed by atoms with Gasteiger partial charge in [0.05, 0.1) is 0 Å².